The fourth-order valence-electron chi connectivity index (χ4n) is 1.71. The maximum atomic E-state index is 11.9. The third-order valence-electron chi connectivity index (χ3n) is 2.72. The summed E-state index contributed by atoms with van der Waals surface area (Å²) in [7, 11) is 0. The molecular formula is C15H15ClN4O2. The Hall–Kier alpha value is -2.57. The number of nitrogens with two attached hydrogens (primary N) is 1. The number of benzene rings is 2. The van der Waals surface area contributed by atoms with Crippen molar-refractivity contribution >= 4 is 40.6 Å². The van der Waals surface area contributed by atoms with Crippen molar-refractivity contribution < 1.29 is 9.59 Å². The molecule has 0 aliphatic rings. The van der Waals surface area contributed by atoms with Crippen LogP contribution in [0.2, 0.25) is 5.02 Å². The zero-order valence-corrected chi connectivity index (χ0v) is 12.4. The van der Waals surface area contributed by atoms with Crippen LogP contribution < -0.4 is 21.7 Å². The second-order valence-electron chi connectivity index (χ2n) is 4.39. The molecule has 2 rings (SSSR count). The van der Waals surface area contributed by atoms with Crippen LogP contribution in [-0.4, -0.2) is 18.5 Å². The molecule has 0 heterocycles. The second-order valence-corrected chi connectivity index (χ2v) is 4.80. The number of carbonyl (C=O) groups is 2. The Morgan fingerprint density at radius 2 is 1.64 bits per heavy atom. The maximum absolute atomic E-state index is 11.9. The molecule has 0 unspecified atom stereocenters. The summed E-state index contributed by atoms with van der Waals surface area (Å²) < 4.78 is 0. The van der Waals surface area contributed by atoms with E-state index in [0.717, 1.165) is 0 Å². The molecule has 0 aliphatic heterocycles. The van der Waals surface area contributed by atoms with Gasteiger partial charge in [-0.2, -0.15) is 0 Å². The van der Waals surface area contributed by atoms with E-state index in [9.17, 15) is 9.59 Å². The lowest BCUT2D eigenvalue weighted by atomic mass is 10.2. The van der Waals surface area contributed by atoms with Crippen LogP contribution in [-0.2, 0) is 4.79 Å². The molecule has 0 bridgehead atoms. The molecule has 7 heteroatoms. The van der Waals surface area contributed by atoms with Crippen LogP contribution in [0.5, 0.6) is 0 Å². The fourth-order valence-corrected chi connectivity index (χ4v) is 1.88. The topological polar surface area (TPSA) is 96.2 Å². The molecule has 0 spiro atoms. The van der Waals surface area contributed by atoms with Gasteiger partial charge < -0.3 is 21.7 Å². The summed E-state index contributed by atoms with van der Waals surface area (Å²) in [4.78, 5) is 23.2. The number of anilines is 3. The Morgan fingerprint density at radius 3 is 2.32 bits per heavy atom. The molecule has 22 heavy (non-hydrogen) atoms. The van der Waals surface area contributed by atoms with E-state index in [1.54, 1.807) is 30.3 Å². The fraction of sp³-hybridized carbons (Fsp3) is 0.0667. The van der Waals surface area contributed by atoms with Crippen LogP contribution in [0.1, 0.15) is 0 Å². The average Bonchev–Trinajstić information content (AvgIpc) is 2.51. The van der Waals surface area contributed by atoms with Gasteiger partial charge in [-0.1, -0.05) is 29.8 Å². The van der Waals surface area contributed by atoms with E-state index in [2.05, 4.69) is 16.0 Å². The summed E-state index contributed by atoms with van der Waals surface area (Å²) in [6.07, 6.45) is 0. The summed E-state index contributed by atoms with van der Waals surface area (Å²) in [6.45, 7) is -0.150. The predicted octanol–water partition coefficient (Wildman–Crippen LogP) is 2.88. The van der Waals surface area contributed by atoms with E-state index in [1.807, 2.05) is 18.2 Å². The zero-order valence-electron chi connectivity index (χ0n) is 11.6. The molecule has 0 atom stereocenters. The number of nitrogens with one attached hydrogen (secondary N) is 3. The van der Waals surface area contributed by atoms with Crippen LogP contribution in [0, 0.1) is 0 Å². The van der Waals surface area contributed by atoms with Gasteiger partial charge >= 0.3 is 6.03 Å². The van der Waals surface area contributed by atoms with Gasteiger partial charge in [0, 0.05) is 11.4 Å². The first-order chi connectivity index (χ1) is 10.6. The Balaban J connectivity index is 2.04. The summed E-state index contributed by atoms with van der Waals surface area (Å²) in [6, 6.07) is 13.4. The molecule has 6 nitrogen and oxygen atoms in total. The van der Waals surface area contributed by atoms with Crippen LogP contribution >= 0.6 is 11.6 Å². The Labute approximate surface area is 132 Å². The molecule has 0 saturated heterocycles. The summed E-state index contributed by atoms with van der Waals surface area (Å²) in [5, 5.41) is 8.26. The predicted molar refractivity (Wildman–Crippen MR) is 88.2 cm³/mol. The molecule has 0 saturated carbocycles. The molecule has 2 aromatic rings. The minimum Gasteiger partial charge on any atom is -0.324 e. The lowest BCUT2D eigenvalue weighted by Crippen LogP contribution is -2.22. The number of halogens is 1. The van der Waals surface area contributed by atoms with Crippen molar-refractivity contribution in [3.05, 3.63) is 53.6 Å². The van der Waals surface area contributed by atoms with E-state index in [-0.39, 0.29) is 12.5 Å². The monoisotopic (exact) mass is 318 g/mol. The molecule has 0 fully saturated rings. The number of urea groups is 1. The second kappa shape index (κ2) is 7.44. The smallest absolute Gasteiger partial charge is 0.323 e. The standard InChI is InChI=1S/C15H15ClN4O2/c16-12-7-6-11(8-13(12)20-14(21)9-17)19-15(22)18-10-4-2-1-3-5-10/h1-8H,9,17H2,(H,20,21)(H2,18,19,22). The van der Waals surface area contributed by atoms with Gasteiger partial charge in [0.15, 0.2) is 0 Å². The third kappa shape index (κ3) is 4.47. The highest BCUT2D eigenvalue weighted by atomic mass is 35.5. The van der Waals surface area contributed by atoms with Crippen molar-refractivity contribution in [1.82, 2.24) is 0 Å². The van der Waals surface area contributed by atoms with Gasteiger partial charge in [-0.25, -0.2) is 4.79 Å². The highest BCUT2D eigenvalue weighted by Gasteiger charge is 2.08. The van der Waals surface area contributed by atoms with Crippen molar-refractivity contribution in [2.24, 2.45) is 5.73 Å². The van der Waals surface area contributed by atoms with E-state index >= 15 is 0 Å². The highest BCUT2D eigenvalue weighted by molar-refractivity contribution is 6.33. The van der Waals surface area contributed by atoms with Gasteiger partial charge in [0.2, 0.25) is 5.91 Å². The molecule has 0 aliphatic carbocycles. The first-order valence-corrected chi connectivity index (χ1v) is 6.89. The third-order valence-corrected chi connectivity index (χ3v) is 3.04. The summed E-state index contributed by atoms with van der Waals surface area (Å²) in [5.74, 6) is -0.368. The molecule has 3 amide bonds. The van der Waals surface area contributed by atoms with Gasteiger partial charge in [0.05, 0.1) is 17.3 Å². The number of rotatable bonds is 4. The van der Waals surface area contributed by atoms with Crippen LogP contribution in [0.25, 0.3) is 0 Å². The quantitative estimate of drug-likeness (QED) is 0.698. The van der Waals surface area contributed by atoms with Crippen molar-refractivity contribution in [3.8, 4) is 0 Å². The number of amides is 3. The largest absolute Gasteiger partial charge is 0.324 e. The van der Waals surface area contributed by atoms with E-state index in [0.29, 0.717) is 22.1 Å². The normalized spacial score (nSPS) is 9.91. The molecular weight excluding hydrogens is 304 g/mol. The van der Waals surface area contributed by atoms with Crippen molar-refractivity contribution in [1.29, 1.82) is 0 Å². The lowest BCUT2D eigenvalue weighted by molar-refractivity contribution is -0.114. The maximum Gasteiger partial charge on any atom is 0.323 e. The molecule has 0 radical (unpaired) electrons. The summed E-state index contributed by atoms with van der Waals surface area (Å²) in [5.41, 5.74) is 6.79. The summed E-state index contributed by atoms with van der Waals surface area (Å²) >= 11 is 5.98. The minimum absolute atomic E-state index is 0.150. The first-order valence-electron chi connectivity index (χ1n) is 6.51. The van der Waals surface area contributed by atoms with Crippen LogP contribution in [0.4, 0.5) is 21.9 Å². The van der Waals surface area contributed by atoms with Gasteiger partial charge in [-0.3, -0.25) is 4.79 Å². The van der Waals surface area contributed by atoms with Crippen LogP contribution in [0.15, 0.2) is 48.5 Å². The zero-order chi connectivity index (χ0) is 15.9. The number of hydrogen-bond donors (Lipinski definition) is 4. The van der Waals surface area contributed by atoms with E-state index in [1.165, 1.54) is 0 Å². The minimum atomic E-state index is -0.398. The van der Waals surface area contributed by atoms with E-state index in [4.69, 9.17) is 17.3 Å². The van der Waals surface area contributed by atoms with Crippen molar-refractivity contribution in [2.45, 2.75) is 0 Å². The number of hydrogen-bond acceptors (Lipinski definition) is 3. The van der Waals surface area contributed by atoms with Crippen molar-refractivity contribution in [3.63, 3.8) is 0 Å². The Bertz CT molecular complexity index is 676. The lowest BCUT2D eigenvalue weighted by Gasteiger charge is -2.11. The van der Waals surface area contributed by atoms with Gasteiger partial charge in [0.1, 0.15) is 0 Å². The number of carbonyl (C=O) groups excluding carboxylic acids is 2. The molecule has 5 N–H and O–H groups in total. The molecule has 114 valence electrons. The first kappa shape index (κ1) is 15.8. The molecule has 2 aromatic carbocycles. The highest BCUT2D eigenvalue weighted by Crippen LogP contribution is 2.25. The van der Waals surface area contributed by atoms with Crippen LogP contribution in [0.3, 0.4) is 0 Å². The Morgan fingerprint density at radius 1 is 0.955 bits per heavy atom. The van der Waals surface area contributed by atoms with Gasteiger partial charge in [-0.05, 0) is 30.3 Å². The Kier molecular flexibility index (Phi) is 5.35. The average molecular weight is 319 g/mol. The van der Waals surface area contributed by atoms with Crippen molar-refractivity contribution in [2.75, 3.05) is 22.5 Å². The van der Waals surface area contributed by atoms with Gasteiger partial charge in [-0.15, -0.1) is 0 Å². The molecule has 0 aromatic heterocycles. The van der Waals surface area contributed by atoms with Gasteiger partial charge in [0.25, 0.3) is 0 Å². The number of para-hydroxylation sites is 1. The van der Waals surface area contributed by atoms with E-state index < -0.39 is 6.03 Å². The SMILES string of the molecule is NCC(=O)Nc1cc(NC(=O)Nc2ccccc2)ccc1Cl.